The van der Waals surface area contributed by atoms with Crippen LogP contribution in [0.1, 0.15) is 31.9 Å². The Morgan fingerprint density at radius 1 is 0.939 bits per heavy atom. The number of esters is 1. The van der Waals surface area contributed by atoms with Gasteiger partial charge in [0.05, 0.1) is 26.4 Å². The molecule has 33 heavy (non-hydrogen) atoms. The molecule has 3 rings (SSSR count). The van der Waals surface area contributed by atoms with Gasteiger partial charge in [0.1, 0.15) is 23.7 Å². The van der Waals surface area contributed by atoms with Crippen LogP contribution in [0.4, 0.5) is 0 Å². The van der Waals surface area contributed by atoms with Gasteiger partial charge in [0, 0.05) is 0 Å². The minimum absolute atomic E-state index is 0.246. The second-order valence-electron chi connectivity index (χ2n) is 7.95. The van der Waals surface area contributed by atoms with Gasteiger partial charge in [-0.2, -0.15) is 0 Å². The molecule has 0 bridgehead atoms. The number of methoxy groups -OCH3 is 1. The van der Waals surface area contributed by atoms with Gasteiger partial charge in [-0.25, -0.2) is 4.79 Å². The third-order valence-corrected chi connectivity index (χ3v) is 6.56. The van der Waals surface area contributed by atoms with E-state index >= 15 is 0 Å². The Bertz CT molecular complexity index is 833. The molecule has 6 atom stereocenters. The number of carbonyl (C=O) groups excluding carboxylic acids is 1. The molecule has 6 nitrogen and oxygen atoms in total. The summed E-state index contributed by atoms with van der Waals surface area (Å²) in [7, 11) is 1.36. The number of carbonyl (C=O) groups is 1. The third kappa shape index (κ3) is 7.29. The first kappa shape index (κ1) is 25.7. The quantitative estimate of drug-likeness (QED) is 0.441. The molecule has 0 amide bonds. The van der Waals surface area contributed by atoms with Gasteiger partial charge in [0.15, 0.2) is 6.10 Å². The van der Waals surface area contributed by atoms with Gasteiger partial charge in [-0.05, 0) is 30.7 Å². The summed E-state index contributed by atoms with van der Waals surface area (Å²) in [6.07, 6.45) is -2.38. The summed E-state index contributed by atoms with van der Waals surface area (Å²) >= 11 is 1.66. The number of hydrogen-bond acceptors (Lipinski definition) is 7. The van der Waals surface area contributed by atoms with Gasteiger partial charge in [-0.1, -0.05) is 67.6 Å². The Kier molecular flexibility index (Phi) is 10.2. The first-order valence-electron chi connectivity index (χ1n) is 11.3. The molecular formula is C26H34O6S. The highest BCUT2D eigenvalue weighted by atomic mass is 32.2. The molecule has 0 aliphatic carbocycles. The Labute approximate surface area is 200 Å². The predicted molar refractivity (Wildman–Crippen MR) is 129 cm³/mol. The summed E-state index contributed by atoms with van der Waals surface area (Å²) in [5, 5.41) is 0. The fourth-order valence-corrected chi connectivity index (χ4v) is 4.83. The minimum atomic E-state index is -0.761. The fraction of sp³-hybridized carbons (Fsp3) is 0.500. The molecule has 1 fully saturated rings. The second-order valence-corrected chi connectivity index (χ2v) is 9.33. The Morgan fingerprint density at radius 2 is 1.48 bits per heavy atom. The van der Waals surface area contributed by atoms with Crippen LogP contribution in [0.15, 0.2) is 60.7 Å². The maximum absolute atomic E-state index is 12.2. The van der Waals surface area contributed by atoms with Crippen LogP contribution in [0.5, 0.6) is 0 Å². The zero-order valence-corrected chi connectivity index (χ0v) is 20.5. The molecule has 2 aromatic carbocycles. The van der Waals surface area contributed by atoms with Crippen LogP contribution < -0.4 is 0 Å². The number of ether oxygens (including phenoxy) is 5. The highest BCUT2D eigenvalue weighted by molar-refractivity contribution is 7.99. The molecule has 0 aromatic heterocycles. The lowest BCUT2D eigenvalue weighted by molar-refractivity contribution is -0.249. The van der Waals surface area contributed by atoms with E-state index in [1.165, 1.54) is 7.11 Å². The monoisotopic (exact) mass is 474 g/mol. The first-order chi connectivity index (χ1) is 16.0. The Balaban J connectivity index is 1.84. The van der Waals surface area contributed by atoms with E-state index in [2.05, 4.69) is 6.92 Å². The average molecular weight is 475 g/mol. The summed E-state index contributed by atoms with van der Waals surface area (Å²) in [6, 6.07) is 19.9. The highest BCUT2D eigenvalue weighted by Gasteiger charge is 2.48. The van der Waals surface area contributed by atoms with E-state index < -0.39 is 30.4 Å². The van der Waals surface area contributed by atoms with Crippen molar-refractivity contribution < 1.29 is 28.5 Å². The summed E-state index contributed by atoms with van der Waals surface area (Å²) in [5.74, 6) is 0.426. The molecule has 1 saturated heterocycles. The summed E-state index contributed by atoms with van der Waals surface area (Å²) in [5.41, 5.74) is 1.86. The van der Waals surface area contributed by atoms with Crippen molar-refractivity contribution in [3.63, 3.8) is 0 Å². The fourth-order valence-electron chi connectivity index (χ4n) is 3.82. The van der Waals surface area contributed by atoms with Crippen molar-refractivity contribution in [2.75, 3.05) is 12.9 Å². The normalized spacial score (nSPS) is 26.0. The van der Waals surface area contributed by atoms with Crippen molar-refractivity contribution in [3.8, 4) is 0 Å². The zero-order chi connectivity index (χ0) is 23.6. The predicted octanol–water partition coefficient (Wildman–Crippen LogP) is 4.60. The van der Waals surface area contributed by atoms with Gasteiger partial charge >= 0.3 is 5.97 Å². The van der Waals surface area contributed by atoms with Crippen LogP contribution in [0, 0.1) is 0 Å². The second kappa shape index (κ2) is 13.1. The van der Waals surface area contributed by atoms with Crippen LogP contribution >= 0.6 is 11.8 Å². The maximum Gasteiger partial charge on any atom is 0.334 e. The van der Waals surface area contributed by atoms with Crippen molar-refractivity contribution in [1.29, 1.82) is 0 Å². The number of thioether (sulfide) groups is 1. The van der Waals surface area contributed by atoms with Crippen LogP contribution in [-0.4, -0.2) is 54.8 Å². The molecule has 0 N–H and O–H groups in total. The summed E-state index contributed by atoms with van der Waals surface area (Å²) in [6.45, 7) is 6.56. The molecule has 1 aliphatic heterocycles. The smallest absolute Gasteiger partial charge is 0.334 e. The van der Waals surface area contributed by atoms with Gasteiger partial charge in [0.2, 0.25) is 0 Å². The number of benzene rings is 2. The lowest BCUT2D eigenvalue weighted by Crippen LogP contribution is -2.59. The van der Waals surface area contributed by atoms with Gasteiger partial charge < -0.3 is 23.7 Å². The molecule has 0 spiro atoms. The summed E-state index contributed by atoms with van der Waals surface area (Å²) < 4.78 is 30.2. The average Bonchev–Trinajstić information content (AvgIpc) is 2.84. The van der Waals surface area contributed by atoms with Crippen molar-refractivity contribution in [2.24, 2.45) is 0 Å². The Morgan fingerprint density at radius 3 is 2.00 bits per heavy atom. The maximum atomic E-state index is 12.2. The molecule has 0 radical (unpaired) electrons. The van der Waals surface area contributed by atoms with Gasteiger partial charge in [0.25, 0.3) is 0 Å². The largest absolute Gasteiger partial charge is 0.467 e. The molecule has 0 saturated carbocycles. The molecule has 1 aliphatic rings. The van der Waals surface area contributed by atoms with Crippen molar-refractivity contribution in [1.82, 2.24) is 0 Å². The van der Waals surface area contributed by atoms with E-state index in [1.54, 1.807) is 18.7 Å². The molecule has 1 heterocycles. The number of hydrogen-bond donors (Lipinski definition) is 0. The standard InChI is InChI=1S/C26H34O6S/c1-5-33-26-24(30-17-21-14-10-7-11-15-21)23(31-19(3)25(27)28-4)22(18(2)32-26)29-16-20-12-8-6-9-13-20/h6-15,18-19,22-24,26H,5,16-17H2,1-4H3/t18-,19+,22-,23+,24+,26-/m0/s1. The minimum Gasteiger partial charge on any atom is -0.467 e. The van der Waals surface area contributed by atoms with Crippen molar-refractivity contribution in [3.05, 3.63) is 71.8 Å². The van der Waals surface area contributed by atoms with E-state index in [4.69, 9.17) is 23.7 Å². The molecular weight excluding hydrogens is 440 g/mol. The third-order valence-electron chi connectivity index (χ3n) is 5.52. The zero-order valence-electron chi connectivity index (χ0n) is 19.7. The van der Waals surface area contributed by atoms with E-state index in [9.17, 15) is 4.79 Å². The highest BCUT2D eigenvalue weighted by Crippen LogP contribution is 2.35. The van der Waals surface area contributed by atoms with Crippen LogP contribution in [0.2, 0.25) is 0 Å². The SMILES string of the molecule is CCS[C@@H]1O[C@@H](C)[C@H](OCc2ccccc2)[C@@H](O[C@H](C)C(=O)OC)[C@H]1OCc1ccccc1. The Hall–Kier alpha value is -1.90. The first-order valence-corrected chi connectivity index (χ1v) is 12.4. The van der Waals surface area contributed by atoms with Crippen molar-refractivity contribution >= 4 is 17.7 Å². The van der Waals surface area contributed by atoms with Crippen LogP contribution in [-0.2, 0) is 41.7 Å². The molecule has 0 unspecified atom stereocenters. The van der Waals surface area contributed by atoms with Crippen LogP contribution in [0.3, 0.4) is 0 Å². The lowest BCUT2D eigenvalue weighted by Gasteiger charge is -2.45. The van der Waals surface area contributed by atoms with Crippen molar-refractivity contribution in [2.45, 2.75) is 69.9 Å². The van der Waals surface area contributed by atoms with Crippen LogP contribution in [0.25, 0.3) is 0 Å². The molecule has 180 valence electrons. The van der Waals surface area contributed by atoms with E-state index in [1.807, 2.05) is 67.6 Å². The lowest BCUT2D eigenvalue weighted by atomic mass is 9.99. The topological polar surface area (TPSA) is 63.2 Å². The molecule has 2 aromatic rings. The summed E-state index contributed by atoms with van der Waals surface area (Å²) in [4.78, 5) is 12.2. The van der Waals surface area contributed by atoms with E-state index in [0.29, 0.717) is 13.2 Å². The van der Waals surface area contributed by atoms with E-state index in [0.717, 1.165) is 16.9 Å². The molecule has 7 heteroatoms. The van der Waals surface area contributed by atoms with E-state index in [-0.39, 0.29) is 11.5 Å². The van der Waals surface area contributed by atoms with Gasteiger partial charge in [-0.3, -0.25) is 0 Å². The van der Waals surface area contributed by atoms with Gasteiger partial charge in [-0.15, -0.1) is 11.8 Å². The number of rotatable bonds is 11.